The molecule has 22 heavy (non-hydrogen) atoms. The first-order valence-corrected chi connectivity index (χ1v) is 7.03. The molecule has 0 saturated carbocycles. The van der Waals surface area contributed by atoms with Crippen molar-refractivity contribution in [1.82, 2.24) is 0 Å². The number of nitrogen functional groups attached to an aromatic ring is 1. The number of carbonyl (C=O) groups is 1. The number of furan rings is 1. The maximum absolute atomic E-state index is 12.4. The molecule has 3 rings (SSSR count). The van der Waals surface area contributed by atoms with Crippen molar-refractivity contribution in [3.8, 4) is 0 Å². The molecule has 3 aromatic rings. The van der Waals surface area contributed by atoms with Crippen molar-refractivity contribution in [3.63, 3.8) is 0 Å². The Morgan fingerprint density at radius 2 is 1.86 bits per heavy atom. The molecular weight excluding hydrogens is 352 g/mol. The minimum Gasteiger partial charge on any atom is -0.450 e. The molecule has 0 unspecified atom stereocenters. The van der Waals surface area contributed by atoms with Gasteiger partial charge < -0.3 is 10.2 Å². The largest absolute Gasteiger partial charge is 0.450 e. The van der Waals surface area contributed by atoms with E-state index in [1.165, 1.54) is 24.3 Å². The summed E-state index contributed by atoms with van der Waals surface area (Å²) in [6.45, 7) is 0. The third kappa shape index (κ3) is 2.35. The zero-order valence-corrected chi connectivity index (χ0v) is 12.7. The predicted octanol–water partition coefficient (Wildman–Crippen LogP) is 3.92. The topological polar surface area (TPSA) is 99.4 Å². The van der Waals surface area contributed by atoms with Gasteiger partial charge in [-0.05, 0) is 30.3 Å². The van der Waals surface area contributed by atoms with E-state index in [-0.39, 0.29) is 22.7 Å². The Bertz CT molecular complexity index is 900. The van der Waals surface area contributed by atoms with E-state index < -0.39 is 10.7 Å². The monoisotopic (exact) mass is 360 g/mol. The highest BCUT2D eigenvalue weighted by Crippen LogP contribution is 2.32. The summed E-state index contributed by atoms with van der Waals surface area (Å²) in [5.74, 6) is -0.387. The number of fused-ring (bicyclic) bond motifs is 1. The molecule has 0 amide bonds. The first-order chi connectivity index (χ1) is 10.5. The lowest BCUT2D eigenvalue weighted by atomic mass is 10.1. The summed E-state index contributed by atoms with van der Waals surface area (Å²) < 4.78 is 6.34. The van der Waals surface area contributed by atoms with E-state index in [4.69, 9.17) is 10.2 Å². The van der Waals surface area contributed by atoms with Gasteiger partial charge in [0.2, 0.25) is 5.78 Å². The summed E-state index contributed by atoms with van der Waals surface area (Å²) in [7, 11) is 0. The smallest absolute Gasteiger partial charge is 0.269 e. The number of hydrogen-bond acceptors (Lipinski definition) is 5. The molecule has 0 fully saturated rings. The number of nitrogens with two attached hydrogens (primary N) is 1. The number of nitro benzene ring substituents is 1. The third-order valence-corrected chi connectivity index (χ3v) is 3.73. The molecule has 7 heteroatoms. The molecular formula is C15H9BrN2O4. The lowest BCUT2D eigenvalue weighted by molar-refractivity contribution is -0.384. The van der Waals surface area contributed by atoms with Gasteiger partial charge >= 0.3 is 0 Å². The van der Waals surface area contributed by atoms with Crippen molar-refractivity contribution >= 4 is 44.1 Å². The van der Waals surface area contributed by atoms with Crippen molar-refractivity contribution in [2.75, 3.05) is 5.73 Å². The van der Waals surface area contributed by atoms with Crippen LogP contribution in [0.15, 0.2) is 51.4 Å². The highest BCUT2D eigenvalue weighted by Gasteiger charge is 2.20. The maximum Gasteiger partial charge on any atom is 0.269 e. The standard InChI is InChI=1S/C15H9BrN2O4/c16-9-3-6-11-12(7-9)22-15(13(11)17)14(19)8-1-4-10(5-2-8)18(20)21/h1-7H,17H2. The molecule has 1 heterocycles. The molecule has 0 saturated heterocycles. The average Bonchev–Trinajstić information content (AvgIpc) is 2.83. The van der Waals surface area contributed by atoms with Crippen LogP contribution >= 0.6 is 15.9 Å². The average molecular weight is 361 g/mol. The molecule has 0 aliphatic carbocycles. The zero-order chi connectivity index (χ0) is 15.9. The fourth-order valence-electron chi connectivity index (χ4n) is 2.12. The molecule has 0 atom stereocenters. The summed E-state index contributed by atoms with van der Waals surface area (Å²) in [5.41, 5.74) is 6.91. The lowest BCUT2D eigenvalue weighted by Crippen LogP contribution is -2.03. The number of anilines is 1. The number of rotatable bonds is 3. The van der Waals surface area contributed by atoms with Crippen molar-refractivity contribution in [3.05, 3.63) is 68.4 Å². The first kappa shape index (κ1) is 14.3. The molecule has 0 aliphatic rings. The minimum atomic E-state index is -0.526. The summed E-state index contributed by atoms with van der Waals surface area (Å²) in [6, 6.07) is 10.6. The Balaban J connectivity index is 2.05. The highest BCUT2D eigenvalue weighted by molar-refractivity contribution is 9.10. The number of nitrogens with zero attached hydrogens (tertiary/aromatic N) is 1. The summed E-state index contributed by atoms with van der Waals surface area (Å²) in [5, 5.41) is 11.3. The lowest BCUT2D eigenvalue weighted by Gasteiger charge is -1.98. The van der Waals surface area contributed by atoms with E-state index >= 15 is 0 Å². The molecule has 0 radical (unpaired) electrons. The van der Waals surface area contributed by atoms with Crippen LogP contribution in [0.3, 0.4) is 0 Å². The van der Waals surface area contributed by atoms with Gasteiger partial charge in [0, 0.05) is 27.6 Å². The van der Waals surface area contributed by atoms with E-state index in [2.05, 4.69) is 15.9 Å². The van der Waals surface area contributed by atoms with Crippen LogP contribution in [0.4, 0.5) is 11.4 Å². The summed E-state index contributed by atoms with van der Waals surface area (Å²) in [4.78, 5) is 22.6. The second-order valence-electron chi connectivity index (χ2n) is 4.62. The van der Waals surface area contributed by atoms with Gasteiger partial charge in [-0.3, -0.25) is 14.9 Å². The van der Waals surface area contributed by atoms with Crippen LogP contribution in [0.2, 0.25) is 0 Å². The summed E-state index contributed by atoms with van der Waals surface area (Å²) in [6.07, 6.45) is 0. The van der Waals surface area contributed by atoms with Gasteiger partial charge in [0.15, 0.2) is 5.76 Å². The van der Waals surface area contributed by atoms with E-state index in [0.717, 1.165) is 4.47 Å². The third-order valence-electron chi connectivity index (χ3n) is 3.24. The van der Waals surface area contributed by atoms with Crippen LogP contribution in [0.5, 0.6) is 0 Å². The first-order valence-electron chi connectivity index (χ1n) is 6.24. The van der Waals surface area contributed by atoms with Crippen LogP contribution in [0, 0.1) is 10.1 Å². The summed E-state index contributed by atoms with van der Waals surface area (Å²) >= 11 is 3.32. The fourth-order valence-corrected chi connectivity index (χ4v) is 2.46. The van der Waals surface area contributed by atoms with Gasteiger partial charge in [0.1, 0.15) is 5.58 Å². The Morgan fingerprint density at radius 3 is 2.50 bits per heavy atom. The molecule has 110 valence electrons. The molecule has 2 N–H and O–H groups in total. The number of hydrogen-bond donors (Lipinski definition) is 1. The Kier molecular flexibility index (Phi) is 3.42. The van der Waals surface area contributed by atoms with Crippen molar-refractivity contribution in [1.29, 1.82) is 0 Å². The number of benzene rings is 2. The van der Waals surface area contributed by atoms with E-state index in [1.807, 2.05) is 0 Å². The Morgan fingerprint density at radius 1 is 1.18 bits per heavy atom. The normalized spacial score (nSPS) is 10.8. The van der Waals surface area contributed by atoms with Gasteiger partial charge in [-0.25, -0.2) is 0 Å². The van der Waals surface area contributed by atoms with Crippen LogP contribution < -0.4 is 5.73 Å². The van der Waals surface area contributed by atoms with Crippen LogP contribution in [0.25, 0.3) is 11.0 Å². The quantitative estimate of drug-likeness (QED) is 0.433. The number of nitro groups is 1. The second-order valence-corrected chi connectivity index (χ2v) is 5.53. The van der Waals surface area contributed by atoms with E-state index in [0.29, 0.717) is 11.0 Å². The Hall–Kier alpha value is -2.67. The van der Waals surface area contributed by atoms with E-state index in [9.17, 15) is 14.9 Å². The number of ketones is 1. The molecule has 0 spiro atoms. The van der Waals surface area contributed by atoms with Crippen LogP contribution in [-0.4, -0.2) is 10.7 Å². The fraction of sp³-hybridized carbons (Fsp3) is 0. The van der Waals surface area contributed by atoms with Gasteiger partial charge in [-0.15, -0.1) is 0 Å². The SMILES string of the molecule is Nc1c(C(=O)c2ccc([N+](=O)[O-])cc2)oc2cc(Br)ccc12. The van der Waals surface area contributed by atoms with Gasteiger partial charge in [-0.2, -0.15) is 0 Å². The zero-order valence-electron chi connectivity index (χ0n) is 11.1. The predicted molar refractivity (Wildman–Crippen MR) is 84.9 cm³/mol. The molecule has 6 nitrogen and oxygen atoms in total. The van der Waals surface area contributed by atoms with Crippen molar-refractivity contribution in [2.24, 2.45) is 0 Å². The number of halogens is 1. The van der Waals surface area contributed by atoms with Gasteiger partial charge in [0.05, 0.1) is 10.6 Å². The van der Waals surface area contributed by atoms with Crippen molar-refractivity contribution < 1.29 is 14.1 Å². The van der Waals surface area contributed by atoms with Gasteiger partial charge in [0.25, 0.3) is 5.69 Å². The number of non-ortho nitro benzene ring substituents is 1. The minimum absolute atomic E-state index is 0.0296. The second kappa shape index (κ2) is 5.27. The Labute approximate surface area is 132 Å². The molecule has 2 aromatic carbocycles. The van der Waals surface area contributed by atoms with Crippen LogP contribution in [-0.2, 0) is 0 Å². The molecule has 0 bridgehead atoms. The maximum atomic E-state index is 12.4. The molecule has 1 aromatic heterocycles. The highest BCUT2D eigenvalue weighted by atomic mass is 79.9. The van der Waals surface area contributed by atoms with Crippen LogP contribution in [0.1, 0.15) is 16.1 Å². The van der Waals surface area contributed by atoms with E-state index in [1.54, 1.807) is 18.2 Å². The molecule has 0 aliphatic heterocycles. The van der Waals surface area contributed by atoms with Gasteiger partial charge in [-0.1, -0.05) is 15.9 Å². The number of carbonyl (C=O) groups excluding carboxylic acids is 1. The van der Waals surface area contributed by atoms with Crippen molar-refractivity contribution in [2.45, 2.75) is 0 Å².